The van der Waals surface area contributed by atoms with Crippen LogP contribution >= 0.6 is 0 Å². The van der Waals surface area contributed by atoms with Crippen LogP contribution in [-0.2, 0) is 21.2 Å². The molecule has 0 radical (unpaired) electrons. The Balaban J connectivity index is 2.43. The SMILES string of the molecule is CCCOCCCNS(=O)(=O)c1ccc(CCN)cc1. The molecule has 0 bridgehead atoms. The van der Waals surface area contributed by atoms with Gasteiger partial charge in [-0.25, -0.2) is 13.1 Å². The number of rotatable bonds is 10. The minimum absolute atomic E-state index is 0.285. The van der Waals surface area contributed by atoms with Gasteiger partial charge in [0.05, 0.1) is 4.90 Å². The molecule has 0 heterocycles. The molecule has 0 fully saturated rings. The maximum absolute atomic E-state index is 12.0. The van der Waals surface area contributed by atoms with Gasteiger partial charge >= 0.3 is 0 Å². The van der Waals surface area contributed by atoms with Gasteiger partial charge in [-0.05, 0) is 43.5 Å². The predicted octanol–water partition coefficient (Wildman–Crippen LogP) is 1.28. The number of nitrogens with one attached hydrogen (secondary N) is 1. The van der Waals surface area contributed by atoms with Crippen molar-refractivity contribution >= 4 is 10.0 Å². The first-order valence-electron chi connectivity index (χ1n) is 6.96. The summed E-state index contributed by atoms with van der Waals surface area (Å²) >= 11 is 0. The van der Waals surface area contributed by atoms with Gasteiger partial charge in [0.25, 0.3) is 0 Å². The van der Waals surface area contributed by atoms with Crippen molar-refractivity contribution in [3.63, 3.8) is 0 Å². The van der Waals surface area contributed by atoms with Gasteiger partial charge in [-0.15, -0.1) is 0 Å². The van der Waals surface area contributed by atoms with E-state index in [9.17, 15) is 8.42 Å². The van der Waals surface area contributed by atoms with Crippen molar-refractivity contribution in [2.45, 2.75) is 31.1 Å². The van der Waals surface area contributed by atoms with Gasteiger partial charge in [-0.1, -0.05) is 19.1 Å². The maximum Gasteiger partial charge on any atom is 0.240 e. The molecule has 1 aromatic carbocycles. The second kappa shape index (κ2) is 9.07. The van der Waals surface area contributed by atoms with Gasteiger partial charge in [0.2, 0.25) is 10.0 Å². The zero-order valence-electron chi connectivity index (χ0n) is 12.0. The molecule has 6 heteroatoms. The highest BCUT2D eigenvalue weighted by molar-refractivity contribution is 7.89. The minimum Gasteiger partial charge on any atom is -0.381 e. The van der Waals surface area contributed by atoms with Gasteiger partial charge in [0.15, 0.2) is 0 Å². The van der Waals surface area contributed by atoms with Crippen LogP contribution in [0.4, 0.5) is 0 Å². The number of hydrogen-bond donors (Lipinski definition) is 2. The van der Waals surface area contributed by atoms with Gasteiger partial charge < -0.3 is 10.5 Å². The number of benzene rings is 1. The zero-order valence-corrected chi connectivity index (χ0v) is 12.8. The van der Waals surface area contributed by atoms with Crippen molar-refractivity contribution < 1.29 is 13.2 Å². The van der Waals surface area contributed by atoms with Crippen LogP contribution < -0.4 is 10.5 Å². The number of nitrogens with two attached hydrogens (primary N) is 1. The molecule has 114 valence electrons. The first kappa shape index (κ1) is 17.1. The molecular formula is C14H24N2O3S. The highest BCUT2D eigenvalue weighted by Gasteiger charge is 2.12. The Morgan fingerprint density at radius 2 is 1.90 bits per heavy atom. The van der Waals surface area contributed by atoms with Crippen molar-refractivity contribution in [2.24, 2.45) is 5.73 Å². The average molecular weight is 300 g/mol. The highest BCUT2D eigenvalue weighted by atomic mass is 32.2. The molecule has 3 N–H and O–H groups in total. The summed E-state index contributed by atoms with van der Waals surface area (Å²) in [6.07, 6.45) is 2.40. The van der Waals surface area contributed by atoms with Crippen LogP contribution in [0, 0.1) is 0 Å². The van der Waals surface area contributed by atoms with E-state index in [1.54, 1.807) is 24.3 Å². The van der Waals surface area contributed by atoms with E-state index in [4.69, 9.17) is 10.5 Å². The first-order valence-corrected chi connectivity index (χ1v) is 8.45. The van der Waals surface area contributed by atoms with Crippen molar-refractivity contribution in [3.05, 3.63) is 29.8 Å². The minimum atomic E-state index is -3.42. The van der Waals surface area contributed by atoms with Crippen LogP contribution in [0.25, 0.3) is 0 Å². The summed E-state index contributed by atoms with van der Waals surface area (Å²) < 4.78 is 31.9. The predicted molar refractivity (Wildman–Crippen MR) is 80.1 cm³/mol. The van der Waals surface area contributed by atoms with E-state index in [0.717, 1.165) is 25.0 Å². The van der Waals surface area contributed by atoms with Gasteiger partial charge in [0.1, 0.15) is 0 Å². The van der Waals surface area contributed by atoms with Crippen molar-refractivity contribution in [1.29, 1.82) is 0 Å². The van der Waals surface area contributed by atoms with E-state index >= 15 is 0 Å². The lowest BCUT2D eigenvalue weighted by Crippen LogP contribution is -2.25. The number of hydrogen-bond acceptors (Lipinski definition) is 4. The van der Waals surface area contributed by atoms with Gasteiger partial charge in [0, 0.05) is 19.8 Å². The van der Waals surface area contributed by atoms with Crippen LogP contribution in [0.2, 0.25) is 0 Å². The van der Waals surface area contributed by atoms with Crippen LogP contribution in [0.3, 0.4) is 0 Å². The molecule has 0 aromatic heterocycles. The summed E-state index contributed by atoms with van der Waals surface area (Å²) in [6, 6.07) is 6.82. The van der Waals surface area contributed by atoms with E-state index in [2.05, 4.69) is 4.72 Å². The van der Waals surface area contributed by atoms with E-state index in [1.165, 1.54) is 0 Å². The Labute approximate surface area is 121 Å². The Bertz CT molecular complexity index is 472. The van der Waals surface area contributed by atoms with E-state index in [-0.39, 0.29) is 4.90 Å². The fourth-order valence-corrected chi connectivity index (χ4v) is 2.79. The second-order valence-electron chi connectivity index (χ2n) is 4.55. The van der Waals surface area contributed by atoms with E-state index < -0.39 is 10.0 Å². The third kappa shape index (κ3) is 6.00. The molecule has 0 amide bonds. The Hall–Kier alpha value is -0.950. The molecule has 20 heavy (non-hydrogen) atoms. The van der Waals surface area contributed by atoms with Crippen molar-refractivity contribution in [3.8, 4) is 0 Å². The van der Waals surface area contributed by atoms with Crippen LogP contribution in [0.15, 0.2) is 29.2 Å². The average Bonchev–Trinajstić information content (AvgIpc) is 2.44. The van der Waals surface area contributed by atoms with Crippen molar-refractivity contribution in [1.82, 2.24) is 4.72 Å². The third-order valence-corrected chi connectivity index (χ3v) is 4.25. The molecular weight excluding hydrogens is 276 g/mol. The molecule has 1 rings (SSSR count). The maximum atomic E-state index is 12.0. The Morgan fingerprint density at radius 3 is 2.50 bits per heavy atom. The first-order chi connectivity index (χ1) is 9.60. The fraction of sp³-hybridized carbons (Fsp3) is 0.571. The lowest BCUT2D eigenvalue weighted by atomic mass is 10.2. The summed E-state index contributed by atoms with van der Waals surface area (Å²) in [5.74, 6) is 0. The van der Waals surface area contributed by atoms with Gasteiger partial charge in [-0.3, -0.25) is 0 Å². The Morgan fingerprint density at radius 1 is 1.20 bits per heavy atom. The summed E-state index contributed by atoms with van der Waals surface area (Å²) in [4.78, 5) is 0.285. The van der Waals surface area contributed by atoms with Crippen LogP contribution in [0.1, 0.15) is 25.3 Å². The topological polar surface area (TPSA) is 81.4 Å². The quantitative estimate of drug-likeness (QED) is 0.638. The molecule has 5 nitrogen and oxygen atoms in total. The molecule has 0 saturated carbocycles. The third-order valence-electron chi connectivity index (χ3n) is 2.77. The van der Waals surface area contributed by atoms with E-state index in [0.29, 0.717) is 26.1 Å². The number of sulfonamides is 1. The lowest BCUT2D eigenvalue weighted by Gasteiger charge is -2.08. The standard InChI is InChI=1S/C14H24N2O3S/c1-2-11-19-12-3-10-16-20(17,18)14-6-4-13(5-7-14)8-9-15/h4-7,16H,2-3,8-12,15H2,1H3. The van der Waals surface area contributed by atoms with Gasteiger partial charge in [-0.2, -0.15) is 0 Å². The second-order valence-corrected chi connectivity index (χ2v) is 6.31. The van der Waals surface area contributed by atoms with Crippen LogP contribution in [-0.4, -0.2) is 34.7 Å². The largest absolute Gasteiger partial charge is 0.381 e. The normalized spacial score (nSPS) is 11.7. The Kier molecular flexibility index (Phi) is 7.76. The fourth-order valence-electron chi connectivity index (χ4n) is 1.71. The van der Waals surface area contributed by atoms with Crippen molar-refractivity contribution in [2.75, 3.05) is 26.3 Å². The summed E-state index contributed by atoms with van der Waals surface area (Å²) in [6.45, 7) is 4.27. The molecule has 0 aliphatic rings. The van der Waals surface area contributed by atoms with E-state index in [1.807, 2.05) is 6.92 Å². The van der Waals surface area contributed by atoms with Crippen LogP contribution in [0.5, 0.6) is 0 Å². The lowest BCUT2D eigenvalue weighted by molar-refractivity contribution is 0.133. The molecule has 1 aromatic rings. The molecule has 0 unspecified atom stereocenters. The smallest absolute Gasteiger partial charge is 0.240 e. The number of ether oxygens (including phenoxy) is 1. The molecule has 0 aliphatic heterocycles. The zero-order chi connectivity index (χ0) is 14.8. The monoisotopic (exact) mass is 300 g/mol. The molecule has 0 aliphatic carbocycles. The summed E-state index contributed by atoms with van der Waals surface area (Å²) in [5.41, 5.74) is 6.50. The summed E-state index contributed by atoms with van der Waals surface area (Å²) in [7, 11) is -3.42. The molecule has 0 atom stereocenters. The molecule has 0 spiro atoms. The molecule has 0 saturated heterocycles. The highest BCUT2D eigenvalue weighted by Crippen LogP contribution is 2.10. The summed E-state index contributed by atoms with van der Waals surface area (Å²) in [5, 5.41) is 0.